The Kier molecular flexibility index (Phi) is 4.62. The van der Waals surface area contributed by atoms with E-state index in [0.29, 0.717) is 11.4 Å². The van der Waals surface area contributed by atoms with Crippen molar-refractivity contribution in [2.75, 3.05) is 12.4 Å². The van der Waals surface area contributed by atoms with E-state index in [1.807, 2.05) is 0 Å². The highest BCUT2D eigenvalue weighted by Gasteiger charge is 2.42. The molecule has 0 amide bonds. The Balaban J connectivity index is 1.93. The number of anilines is 1. The largest absolute Gasteiger partial charge is 0.465 e. The minimum absolute atomic E-state index is 0.0459. The van der Waals surface area contributed by atoms with Gasteiger partial charge >= 0.3 is 5.97 Å². The van der Waals surface area contributed by atoms with Crippen molar-refractivity contribution in [3.05, 3.63) is 82.9 Å². The molecule has 2 aromatic carbocycles. The number of nitrogens with zero attached hydrogens (tertiary/aromatic N) is 2. The molecular weight excluding hydrogens is 380 g/mol. The zero-order valence-electron chi connectivity index (χ0n) is 15.6. The lowest BCUT2D eigenvalue weighted by atomic mass is 9.80. The van der Waals surface area contributed by atoms with Gasteiger partial charge in [0.25, 0.3) is 0 Å². The number of aryl methyl sites for hydroxylation is 1. The molecule has 0 aliphatic carbocycles. The minimum atomic E-state index is -0.818. The molecule has 0 bridgehead atoms. The van der Waals surface area contributed by atoms with E-state index in [0.717, 1.165) is 19.2 Å². The number of methoxy groups -OCH3 is 1. The lowest BCUT2D eigenvalue weighted by Crippen LogP contribution is -2.35. The molecule has 4 rings (SSSR count). The number of ether oxygens (including phenoxy) is 1. The first-order valence-electron chi connectivity index (χ1n) is 8.86. The summed E-state index contributed by atoms with van der Waals surface area (Å²) in [6.45, 7) is 0. The normalized spacial score (nSPS) is 18.1. The molecule has 0 spiro atoms. The number of halogens is 2. The summed E-state index contributed by atoms with van der Waals surface area (Å²) < 4.78 is 34.0. The molecule has 1 N–H and O–H groups in total. The molecule has 0 saturated carbocycles. The number of Topliss-reactive ketones (excluding diaryl/α,β-unsaturated/α-hetero) is 1. The van der Waals surface area contributed by atoms with Gasteiger partial charge < -0.3 is 14.6 Å². The van der Waals surface area contributed by atoms with Crippen molar-refractivity contribution >= 4 is 17.4 Å². The average molecular weight is 397 g/mol. The Hall–Kier alpha value is -3.55. The zero-order valence-corrected chi connectivity index (χ0v) is 15.6. The van der Waals surface area contributed by atoms with Gasteiger partial charge in [0.05, 0.1) is 24.3 Å². The number of esters is 1. The molecule has 0 radical (unpaired) electrons. The van der Waals surface area contributed by atoms with Gasteiger partial charge in [0.2, 0.25) is 0 Å². The maximum absolute atomic E-state index is 14.2. The van der Waals surface area contributed by atoms with Crippen molar-refractivity contribution in [2.45, 2.75) is 12.0 Å². The minimum Gasteiger partial charge on any atom is -0.465 e. The molecule has 0 fully saturated rings. The van der Waals surface area contributed by atoms with Crippen LogP contribution in [0.5, 0.6) is 0 Å². The highest BCUT2D eigenvalue weighted by atomic mass is 19.1. The van der Waals surface area contributed by atoms with E-state index in [4.69, 9.17) is 4.74 Å². The summed E-state index contributed by atoms with van der Waals surface area (Å²) in [6.07, 6.45) is 3.26. The Morgan fingerprint density at radius 3 is 2.52 bits per heavy atom. The third-order valence-corrected chi connectivity index (χ3v) is 5.05. The average Bonchev–Trinajstić information content (AvgIpc) is 3.12. The molecule has 8 heteroatoms. The number of aromatic nitrogens is 2. The summed E-state index contributed by atoms with van der Waals surface area (Å²) in [4.78, 5) is 30.1. The van der Waals surface area contributed by atoms with Crippen LogP contribution >= 0.6 is 0 Å². The number of hydrogen-bond acceptors (Lipinski definition) is 5. The monoisotopic (exact) mass is 397 g/mol. The second-order valence-electron chi connectivity index (χ2n) is 6.78. The van der Waals surface area contributed by atoms with Crippen LogP contribution in [0.15, 0.2) is 48.8 Å². The number of ketones is 1. The molecular formula is C21H17F2N3O3. The predicted octanol–water partition coefficient (Wildman–Crippen LogP) is 3.62. The van der Waals surface area contributed by atoms with Crippen molar-refractivity contribution in [3.63, 3.8) is 0 Å². The van der Waals surface area contributed by atoms with Crippen LogP contribution in [0.1, 0.15) is 44.1 Å². The maximum Gasteiger partial charge on any atom is 0.338 e. The van der Waals surface area contributed by atoms with Crippen molar-refractivity contribution < 1.29 is 23.1 Å². The number of rotatable bonds is 3. The molecule has 2 unspecified atom stereocenters. The van der Waals surface area contributed by atoms with Crippen LogP contribution in [-0.4, -0.2) is 28.4 Å². The van der Waals surface area contributed by atoms with Crippen molar-refractivity contribution in [2.24, 2.45) is 7.05 Å². The summed E-state index contributed by atoms with van der Waals surface area (Å²) in [5.74, 6) is -2.66. The number of hydrogen-bond donors (Lipinski definition) is 1. The first-order chi connectivity index (χ1) is 13.9. The third-order valence-electron chi connectivity index (χ3n) is 5.05. The summed E-state index contributed by atoms with van der Waals surface area (Å²) >= 11 is 0. The van der Waals surface area contributed by atoms with E-state index in [1.54, 1.807) is 36.1 Å². The molecule has 1 aliphatic heterocycles. The van der Waals surface area contributed by atoms with Crippen LogP contribution in [0.25, 0.3) is 0 Å². The lowest BCUT2D eigenvalue weighted by Gasteiger charge is -2.34. The van der Waals surface area contributed by atoms with Crippen molar-refractivity contribution in [3.8, 4) is 0 Å². The van der Waals surface area contributed by atoms with Crippen LogP contribution in [0.4, 0.5) is 14.5 Å². The number of fused-ring (bicyclic) bond motifs is 1. The van der Waals surface area contributed by atoms with Gasteiger partial charge in [-0.1, -0.05) is 12.1 Å². The Labute approximate surface area is 165 Å². The fraction of sp³-hybridized carbons (Fsp3) is 0.190. The molecule has 1 aromatic heterocycles. The summed E-state index contributed by atoms with van der Waals surface area (Å²) in [5, 5.41) is 3.14. The molecule has 6 nitrogen and oxygen atoms in total. The number of carbonyl (C=O) groups is 2. The van der Waals surface area contributed by atoms with E-state index in [9.17, 15) is 18.4 Å². The Bertz CT molecular complexity index is 1110. The van der Waals surface area contributed by atoms with E-state index in [2.05, 4.69) is 10.3 Å². The van der Waals surface area contributed by atoms with Crippen molar-refractivity contribution in [1.29, 1.82) is 0 Å². The highest BCUT2D eigenvalue weighted by Crippen LogP contribution is 2.43. The lowest BCUT2D eigenvalue weighted by molar-refractivity contribution is 0.0595. The zero-order chi connectivity index (χ0) is 20.7. The van der Waals surface area contributed by atoms with Gasteiger partial charge in [0, 0.05) is 25.1 Å². The number of nitrogens with one attached hydrogen (secondary N) is 1. The number of benzene rings is 2. The van der Waals surface area contributed by atoms with Gasteiger partial charge in [-0.2, -0.15) is 0 Å². The number of carbonyl (C=O) groups excluding carboxylic acids is 2. The van der Waals surface area contributed by atoms with Gasteiger partial charge in [-0.15, -0.1) is 0 Å². The third kappa shape index (κ3) is 3.16. The van der Waals surface area contributed by atoms with Crippen molar-refractivity contribution in [1.82, 2.24) is 9.55 Å². The molecule has 148 valence electrons. The maximum atomic E-state index is 14.2. The van der Waals surface area contributed by atoms with Gasteiger partial charge in [0.15, 0.2) is 5.78 Å². The molecule has 29 heavy (non-hydrogen) atoms. The fourth-order valence-corrected chi connectivity index (χ4v) is 3.70. The van der Waals surface area contributed by atoms with Crippen LogP contribution < -0.4 is 5.32 Å². The van der Waals surface area contributed by atoms with E-state index in [-0.39, 0.29) is 16.8 Å². The second kappa shape index (κ2) is 7.12. The quantitative estimate of drug-likeness (QED) is 0.684. The van der Waals surface area contributed by atoms with E-state index in [1.165, 1.54) is 12.1 Å². The predicted molar refractivity (Wildman–Crippen MR) is 101 cm³/mol. The van der Waals surface area contributed by atoms with Crippen LogP contribution in [-0.2, 0) is 11.8 Å². The second-order valence-corrected chi connectivity index (χ2v) is 6.78. The van der Waals surface area contributed by atoms with Gasteiger partial charge in [-0.25, -0.2) is 18.6 Å². The Morgan fingerprint density at radius 2 is 1.90 bits per heavy atom. The number of imidazole rings is 1. The summed E-state index contributed by atoms with van der Waals surface area (Å²) in [6, 6.07) is 7.20. The fourth-order valence-electron chi connectivity index (χ4n) is 3.70. The van der Waals surface area contributed by atoms with Gasteiger partial charge in [0.1, 0.15) is 23.4 Å². The molecule has 3 aromatic rings. The van der Waals surface area contributed by atoms with E-state index < -0.39 is 35.3 Å². The van der Waals surface area contributed by atoms with E-state index >= 15 is 0 Å². The highest BCUT2D eigenvalue weighted by molar-refractivity contribution is 6.14. The Morgan fingerprint density at radius 1 is 1.17 bits per heavy atom. The van der Waals surface area contributed by atoms with Crippen LogP contribution in [0.3, 0.4) is 0 Å². The van der Waals surface area contributed by atoms with Gasteiger partial charge in [-0.3, -0.25) is 4.79 Å². The van der Waals surface area contributed by atoms with Gasteiger partial charge in [-0.05, 0) is 29.8 Å². The summed E-state index contributed by atoms with van der Waals surface area (Å²) in [7, 11) is 2.91. The first-order valence-corrected chi connectivity index (χ1v) is 8.86. The SMILES string of the molecule is COC(=O)c1cc(F)cc2c1C(=O)C(c1nccn1C)C(c1ccc(F)cc1)N2. The molecule has 0 saturated heterocycles. The molecule has 2 atom stereocenters. The summed E-state index contributed by atoms with van der Waals surface area (Å²) in [5.41, 5.74) is 0.693. The first kappa shape index (κ1) is 18.8. The molecule has 1 aliphatic rings. The standard InChI is InChI=1S/C21H17F2N3O3/c1-26-8-7-24-20(26)17-18(11-3-5-12(22)6-4-11)25-15-10-13(23)9-14(21(28)29-2)16(15)19(17)27/h3-10,17-18,25H,1-2H3. The van der Waals surface area contributed by atoms with Crippen LogP contribution in [0.2, 0.25) is 0 Å². The smallest absolute Gasteiger partial charge is 0.338 e. The van der Waals surface area contributed by atoms with Crippen LogP contribution in [0, 0.1) is 11.6 Å². The topological polar surface area (TPSA) is 73.2 Å². The molecule has 2 heterocycles.